The molecule has 51 heavy (non-hydrogen) atoms. The highest BCUT2D eigenvalue weighted by Crippen LogP contribution is 2.57. The van der Waals surface area contributed by atoms with Crippen LogP contribution in [-0.4, -0.2) is 0 Å². The summed E-state index contributed by atoms with van der Waals surface area (Å²) < 4.78 is 0. The van der Waals surface area contributed by atoms with E-state index in [4.69, 9.17) is 0 Å². The smallest absolute Gasteiger partial charge is 0.0622 e. The summed E-state index contributed by atoms with van der Waals surface area (Å²) >= 11 is 0. The molecule has 0 saturated carbocycles. The monoisotopic (exact) mass is 650 g/mol. The van der Waals surface area contributed by atoms with Gasteiger partial charge in [0.2, 0.25) is 0 Å². The molecule has 0 N–H and O–H groups in total. The maximum absolute atomic E-state index is 2.46. The molecule has 0 amide bonds. The molecular weight excluding hydrogens is 613 g/mol. The standard InChI is InChI=1S/C51H38/c1-35-13-27-45(28-14-35)51(46-29-15-36(2)16-30-46)49-33-43(41-21-17-39(18-22-41)37-9-5-3-6-10-37)25-31-47(49)48-32-26-44(34-50(48)51)42-23-19-40(20-24-42)38-11-7-4-8-12-38/h3-34H,1-2H3. The molecular formula is C51H38. The summed E-state index contributed by atoms with van der Waals surface area (Å²) in [6.45, 7) is 4.35. The van der Waals surface area contributed by atoms with Gasteiger partial charge in [-0.25, -0.2) is 0 Å². The second-order valence-corrected chi connectivity index (χ2v) is 13.9. The first-order chi connectivity index (χ1) is 25.1. The van der Waals surface area contributed by atoms with Gasteiger partial charge in [-0.2, -0.15) is 0 Å². The Morgan fingerprint density at radius 1 is 0.275 bits per heavy atom. The summed E-state index contributed by atoms with van der Waals surface area (Å²) in [5.74, 6) is 0. The highest BCUT2D eigenvalue weighted by molar-refractivity contribution is 5.90. The Morgan fingerprint density at radius 3 is 0.922 bits per heavy atom. The molecule has 0 spiro atoms. The number of aryl methyl sites for hydroxylation is 2. The van der Waals surface area contributed by atoms with Gasteiger partial charge in [-0.1, -0.05) is 193 Å². The van der Waals surface area contributed by atoms with Crippen LogP contribution in [-0.2, 0) is 5.41 Å². The first kappa shape index (κ1) is 30.8. The molecule has 0 heterocycles. The van der Waals surface area contributed by atoms with Gasteiger partial charge in [-0.05, 0) is 104 Å². The van der Waals surface area contributed by atoms with Crippen molar-refractivity contribution in [3.63, 3.8) is 0 Å². The Hall–Kier alpha value is -6.24. The van der Waals surface area contributed by atoms with E-state index < -0.39 is 5.41 Å². The molecule has 0 aromatic heterocycles. The molecule has 0 atom stereocenters. The predicted molar refractivity (Wildman–Crippen MR) is 215 cm³/mol. The van der Waals surface area contributed by atoms with Gasteiger partial charge in [-0.15, -0.1) is 0 Å². The Labute approximate surface area is 301 Å². The lowest BCUT2D eigenvalue weighted by Crippen LogP contribution is -2.28. The van der Waals surface area contributed by atoms with Crippen LogP contribution in [0.1, 0.15) is 33.4 Å². The van der Waals surface area contributed by atoms with E-state index >= 15 is 0 Å². The van der Waals surface area contributed by atoms with Crippen molar-refractivity contribution in [3.8, 4) is 55.6 Å². The highest BCUT2D eigenvalue weighted by Gasteiger charge is 2.46. The fourth-order valence-electron chi connectivity index (χ4n) is 8.05. The minimum Gasteiger partial charge on any atom is -0.0622 e. The van der Waals surface area contributed by atoms with E-state index in [2.05, 4.69) is 208 Å². The molecule has 0 saturated heterocycles. The summed E-state index contributed by atoms with van der Waals surface area (Å²) in [6.07, 6.45) is 0. The zero-order valence-corrected chi connectivity index (χ0v) is 29.0. The first-order valence-corrected chi connectivity index (χ1v) is 17.8. The fraction of sp³-hybridized carbons (Fsp3) is 0.0588. The van der Waals surface area contributed by atoms with Crippen molar-refractivity contribution >= 4 is 0 Å². The van der Waals surface area contributed by atoms with Crippen LogP contribution < -0.4 is 0 Å². The van der Waals surface area contributed by atoms with Crippen molar-refractivity contribution < 1.29 is 0 Å². The summed E-state index contributed by atoms with van der Waals surface area (Å²) in [7, 11) is 0. The zero-order chi connectivity index (χ0) is 34.4. The molecule has 0 bridgehead atoms. The average Bonchev–Trinajstić information content (AvgIpc) is 3.49. The molecule has 8 aromatic rings. The van der Waals surface area contributed by atoms with Crippen LogP contribution in [0.4, 0.5) is 0 Å². The number of hydrogen-bond donors (Lipinski definition) is 0. The van der Waals surface area contributed by atoms with Crippen molar-refractivity contribution in [2.75, 3.05) is 0 Å². The second-order valence-electron chi connectivity index (χ2n) is 13.9. The van der Waals surface area contributed by atoms with Gasteiger partial charge in [0, 0.05) is 0 Å². The van der Waals surface area contributed by atoms with Crippen molar-refractivity contribution in [2.45, 2.75) is 19.3 Å². The lowest BCUT2D eigenvalue weighted by molar-refractivity contribution is 0.768. The van der Waals surface area contributed by atoms with Crippen LogP contribution in [0.5, 0.6) is 0 Å². The Morgan fingerprint density at radius 2 is 0.569 bits per heavy atom. The van der Waals surface area contributed by atoms with E-state index in [-0.39, 0.29) is 0 Å². The molecule has 0 nitrogen and oxygen atoms in total. The molecule has 1 aliphatic rings. The van der Waals surface area contributed by atoms with Gasteiger partial charge in [-0.3, -0.25) is 0 Å². The van der Waals surface area contributed by atoms with E-state index in [1.807, 2.05) is 0 Å². The van der Waals surface area contributed by atoms with Gasteiger partial charge in [0.05, 0.1) is 5.41 Å². The minimum atomic E-state index is -0.494. The van der Waals surface area contributed by atoms with Gasteiger partial charge in [0.25, 0.3) is 0 Å². The third-order valence-electron chi connectivity index (χ3n) is 10.8. The topological polar surface area (TPSA) is 0 Å². The van der Waals surface area contributed by atoms with Gasteiger partial charge >= 0.3 is 0 Å². The molecule has 9 rings (SSSR count). The molecule has 0 heteroatoms. The van der Waals surface area contributed by atoms with E-state index in [9.17, 15) is 0 Å². The van der Waals surface area contributed by atoms with Crippen molar-refractivity contribution in [1.29, 1.82) is 0 Å². The van der Waals surface area contributed by atoms with E-state index in [0.29, 0.717) is 0 Å². The Kier molecular flexibility index (Phi) is 7.59. The summed E-state index contributed by atoms with van der Waals surface area (Å²) in [6, 6.07) is 71.9. The van der Waals surface area contributed by atoms with Crippen LogP contribution in [0, 0.1) is 13.8 Å². The summed E-state index contributed by atoms with van der Waals surface area (Å²) in [5.41, 5.74) is 19.6. The lowest BCUT2D eigenvalue weighted by Gasteiger charge is -2.34. The van der Waals surface area contributed by atoms with Crippen LogP contribution in [0.15, 0.2) is 194 Å². The molecule has 242 valence electrons. The van der Waals surface area contributed by atoms with Crippen LogP contribution in [0.25, 0.3) is 55.6 Å². The predicted octanol–water partition coefficient (Wildman–Crippen LogP) is 13.3. The zero-order valence-electron chi connectivity index (χ0n) is 29.0. The maximum atomic E-state index is 2.46. The van der Waals surface area contributed by atoms with Crippen LogP contribution >= 0.6 is 0 Å². The number of benzene rings is 8. The normalized spacial score (nSPS) is 12.7. The molecule has 1 aliphatic carbocycles. The molecule has 0 radical (unpaired) electrons. The number of rotatable bonds is 6. The molecule has 0 aliphatic heterocycles. The highest BCUT2D eigenvalue weighted by atomic mass is 14.5. The SMILES string of the molecule is Cc1ccc(C2(c3ccc(C)cc3)c3cc(-c4ccc(-c5ccccc5)cc4)ccc3-c3ccc(-c4ccc(-c5ccccc5)cc4)cc32)cc1. The van der Waals surface area contributed by atoms with Crippen molar-refractivity contribution in [1.82, 2.24) is 0 Å². The average molecular weight is 651 g/mol. The fourth-order valence-corrected chi connectivity index (χ4v) is 8.05. The molecule has 8 aromatic carbocycles. The van der Waals surface area contributed by atoms with Crippen molar-refractivity contribution in [3.05, 3.63) is 228 Å². The lowest BCUT2D eigenvalue weighted by atomic mass is 9.67. The van der Waals surface area contributed by atoms with E-state index in [1.54, 1.807) is 0 Å². The van der Waals surface area contributed by atoms with Crippen molar-refractivity contribution in [2.24, 2.45) is 0 Å². The molecule has 0 unspecified atom stereocenters. The first-order valence-electron chi connectivity index (χ1n) is 17.8. The van der Waals surface area contributed by atoms with Gasteiger partial charge in [0.15, 0.2) is 0 Å². The largest absolute Gasteiger partial charge is 0.0714 e. The quantitative estimate of drug-likeness (QED) is 0.168. The Bertz CT molecular complexity index is 2290. The van der Waals surface area contributed by atoms with Gasteiger partial charge < -0.3 is 0 Å². The number of hydrogen-bond acceptors (Lipinski definition) is 0. The van der Waals surface area contributed by atoms with Gasteiger partial charge in [0.1, 0.15) is 0 Å². The van der Waals surface area contributed by atoms with E-state index in [0.717, 1.165) is 0 Å². The second kappa shape index (κ2) is 12.6. The summed E-state index contributed by atoms with van der Waals surface area (Å²) in [5, 5.41) is 0. The van der Waals surface area contributed by atoms with Crippen LogP contribution in [0.2, 0.25) is 0 Å². The minimum absolute atomic E-state index is 0.494. The maximum Gasteiger partial charge on any atom is 0.0714 e. The van der Waals surface area contributed by atoms with E-state index in [1.165, 1.54) is 89.0 Å². The third kappa shape index (κ3) is 5.32. The van der Waals surface area contributed by atoms with Crippen LogP contribution in [0.3, 0.4) is 0 Å². The molecule has 0 fully saturated rings. The Balaban J connectivity index is 1.24. The summed E-state index contributed by atoms with van der Waals surface area (Å²) in [4.78, 5) is 0. The third-order valence-corrected chi connectivity index (χ3v) is 10.8. The number of fused-ring (bicyclic) bond motifs is 3.